The molecule has 4 atom stereocenters. The number of benzene rings is 2. The Hall–Kier alpha value is -3.84. The molecule has 1 saturated carbocycles. The summed E-state index contributed by atoms with van der Waals surface area (Å²) in [6.45, 7) is 1.40. The van der Waals surface area contributed by atoms with Gasteiger partial charge in [-0.1, -0.05) is 60.7 Å². The second kappa shape index (κ2) is 21.0. The monoisotopic (exact) mass is 640 g/mol. The number of hydrogen-bond acceptors (Lipinski definition) is 8. The summed E-state index contributed by atoms with van der Waals surface area (Å²) in [4.78, 5) is 53.4. The normalized spacial score (nSPS) is 18.3. The Morgan fingerprint density at radius 1 is 0.630 bits per heavy atom. The van der Waals surface area contributed by atoms with Gasteiger partial charge < -0.3 is 41.0 Å². The Bertz CT molecular complexity index is 1170. The number of carbonyl (C=O) groups is 4. The fourth-order valence-electron chi connectivity index (χ4n) is 5.52. The predicted octanol–water partition coefficient (Wildman–Crippen LogP) is 0.356. The quantitative estimate of drug-likeness (QED) is 0.113. The molecule has 4 amide bonds. The average molecular weight is 641 g/mol. The lowest BCUT2D eigenvalue weighted by Gasteiger charge is -2.33. The molecule has 1 fully saturated rings. The van der Waals surface area contributed by atoms with Crippen molar-refractivity contribution >= 4 is 23.6 Å². The fraction of sp³-hybridized carbons (Fsp3) is 0.529. The van der Waals surface area contributed by atoms with Crippen molar-refractivity contribution in [3.05, 3.63) is 71.8 Å². The van der Waals surface area contributed by atoms with E-state index in [1.54, 1.807) is 0 Å². The highest BCUT2D eigenvalue weighted by molar-refractivity contribution is 5.90. The summed E-state index contributed by atoms with van der Waals surface area (Å²) >= 11 is 0. The zero-order valence-electron chi connectivity index (χ0n) is 26.3. The first-order chi connectivity index (χ1) is 22.4. The highest BCUT2D eigenvalue weighted by Gasteiger charge is 2.39. The van der Waals surface area contributed by atoms with E-state index >= 15 is 0 Å². The lowest BCUT2D eigenvalue weighted by Crippen LogP contribution is -2.52. The van der Waals surface area contributed by atoms with Gasteiger partial charge >= 0.3 is 0 Å². The molecule has 46 heavy (non-hydrogen) atoms. The van der Waals surface area contributed by atoms with Crippen LogP contribution in [0.3, 0.4) is 0 Å². The number of ether oxygens (including phenoxy) is 2. The van der Waals surface area contributed by atoms with Gasteiger partial charge in [0.2, 0.25) is 23.6 Å². The van der Waals surface area contributed by atoms with E-state index in [0.717, 1.165) is 11.1 Å². The van der Waals surface area contributed by atoms with Crippen LogP contribution in [-0.2, 0) is 41.5 Å². The van der Waals surface area contributed by atoms with Gasteiger partial charge in [0.1, 0.15) is 6.04 Å². The van der Waals surface area contributed by atoms with Crippen LogP contribution in [0.25, 0.3) is 0 Å². The standard InChI is InChI=1S/C34H48N4O8/c39-15-19-45-17-13-36-31(41)27-22-28(32(42)37-14-18-46-20-16-40)24-29(23-27)33(43)38-30(21-26-9-5-2-6-10-26)34(44)35-12-11-25-7-3-1-4-8-25/h1-10,27-30,39-40H,11-24H2,(H,35,44)(H,36,41)(H,37,42)(H,38,43)/t27-,28+,29?,30-/m0/s1. The fourth-order valence-corrected chi connectivity index (χ4v) is 5.52. The molecule has 1 aliphatic rings. The van der Waals surface area contributed by atoms with E-state index in [9.17, 15) is 19.2 Å². The summed E-state index contributed by atoms with van der Waals surface area (Å²) in [7, 11) is 0. The van der Waals surface area contributed by atoms with Crippen molar-refractivity contribution in [2.75, 3.05) is 59.3 Å². The number of amides is 4. The van der Waals surface area contributed by atoms with Crippen molar-refractivity contribution in [1.29, 1.82) is 0 Å². The van der Waals surface area contributed by atoms with Gasteiger partial charge in [0.25, 0.3) is 0 Å². The molecule has 12 heteroatoms. The summed E-state index contributed by atoms with van der Waals surface area (Å²) in [6.07, 6.45) is 1.65. The van der Waals surface area contributed by atoms with Crippen LogP contribution >= 0.6 is 0 Å². The number of aliphatic hydroxyl groups excluding tert-OH is 2. The van der Waals surface area contributed by atoms with Crippen molar-refractivity contribution in [2.45, 2.75) is 38.1 Å². The van der Waals surface area contributed by atoms with Gasteiger partial charge in [0.05, 0.1) is 39.6 Å². The second-order valence-electron chi connectivity index (χ2n) is 11.3. The molecule has 1 unspecified atom stereocenters. The third-order valence-corrected chi connectivity index (χ3v) is 7.85. The molecule has 12 nitrogen and oxygen atoms in total. The Balaban J connectivity index is 1.68. The van der Waals surface area contributed by atoms with Gasteiger partial charge in [0, 0.05) is 43.8 Å². The minimum atomic E-state index is -0.848. The minimum Gasteiger partial charge on any atom is -0.394 e. The third-order valence-electron chi connectivity index (χ3n) is 7.85. The maximum Gasteiger partial charge on any atom is 0.242 e. The lowest BCUT2D eigenvalue weighted by atomic mass is 9.74. The van der Waals surface area contributed by atoms with Crippen LogP contribution in [0.5, 0.6) is 0 Å². The van der Waals surface area contributed by atoms with Crippen LogP contribution in [0.1, 0.15) is 30.4 Å². The summed E-state index contributed by atoms with van der Waals surface area (Å²) in [5, 5.41) is 29.3. The SMILES string of the molecule is O=C(N[C@@H](Cc1ccccc1)C(=O)NCCc1ccccc1)C1C[C@@H](C(=O)NCCOCCO)C[C@@H](C(=O)NCCOCCO)C1. The Labute approximate surface area is 270 Å². The van der Waals surface area contributed by atoms with Crippen molar-refractivity contribution in [3.8, 4) is 0 Å². The van der Waals surface area contributed by atoms with E-state index in [-0.39, 0.29) is 102 Å². The molecule has 1 aliphatic carbocycles. The first kappa shape index (κ1) is 36.6. The summed E-state index contributed by atoms with van der Waals surface area (Å²) in [5.74, 6) is -3.13. The smallest absolute Gasteiger partial charge is 0.242 e. The van der Waals surface area contributed by atoms with Crippen LogP contribution in [0.15, 0.2) is 60.7 Å². The molecule has 0 aromatic heterocycles. The molecular weight excluding hydrogens is 592 g/mol. The van der Waals surface area contributed by atoms with E-state index in [0.29, 0.717) is 13.0 Å². The molecule has 252 valence electrons. The molecule has 0 heterocycles. The first-order valence-electron chi connectivity index (χ1n) is 16.0. The van der Waals surface area contributed by atoms with Crippen molar-refractivity contribution in [2.24, 2.45) is 17.8 Å². The molecular formula is C34H48N4O8. The third kappa shape index (κ3) is 13.3. The maximum atomic E-state index is 13.8. The number of rotatable bonds is 20. The van der Waals surface area contributed by atoms with Crippen molar-refractivity contribution in [3.63, 3.8) is 0 Å². The van der Waals surface area contributed by atoms with Crippen molar-refractivity contribution < 1.29 is 38.9 Å². The van der Waals surface area contributed by atoms with Gasteiger partial charge in [-0.3, -0.25) is 19.2 Å². The predicted molar refractivity (Wildman–Crippen MR) is 171 cm³/mol. The molecule has 0 aliphatic heterocycles. The Morgan fingerprint density at radius 2 is 1.11 bits per heavy atom. The van der Waals surface area contributed by atoms with Crippen LogP contribution in [0.4, 0.5) is 0 Å². The molecule has 0 radical (unpaired) electrons. The number of carbonyl (C=O) groups excluding carboxylic acids is 4. The molecule has 0 saturated heterocycles. The first-order valence-corrected chi connectivity index (χ1v) is 16.0. The molecule has 0 spiro atoms. The highest BCUT2D eigenvalue weighted by Crippen LogP contribution is 2.34. The van der Waals surface area contributed by atoms with E-state index in [2.05, 4.69) is 21.3 Å². The number of nitrogens with one attached hydrogen (secondary N) is 4. The van der Waals surface area contributed by atoms with Crippen LogP contribution in [-0.4, -0.2) is 99.2 Å². The second-order valence-corrected chi connectivity index (χ2v) is 11.3. The number of aliphatic hydroxyl groups is 2. The Morgan fingerprint density at radius 3 is 1.61 bits per heavy atom. The van der Waals surface area contributed by atoms with Gasteiger partial charge in [-0.05, 0) is 36.8 Å². The molecule has 0 bridgehead atoms. The van der Waals surface area contributed by atoms with Crippen LogP contribution in [0, 0.1) is 17.8 Å². The van der Waals surface area contributed by atoms with Gasteiger partial charge in [0.15, 0.2) is 0 Å². The van der Waals surface area contributed by atoms with E-state index < -0.39 is 23.8 Å². The Kier molecular flexibility index (Phi) is 16.8. The van der Waals surface area contributed by atoms with E-state index in [4.69, 9.17) is 19.7 Å². The topological polar surface area (TPSA) is 175 Å². The maximum absolute atomic E-state index is 13.8. The summed E-state index contributed by atoms with van der Waals surface area (Å²) < 4.78 is 10.4. The largest absolute Gasteiger partial charge is 0.394 e. The summed E-state index contributed by atoms with van der Waals surface area (Å²) in [6, 6.07) is 18.4. The average Bonchev–Trinajstić information content (AvgIpc) is 3.08. The highest BCUT2D eigenvalue weighted by atomic mass is 16.5. The molecule has 6 N–H and O–H groups in total. The minimum absolute atomic E-state index is 0.120. The van der Waals surface area contributed by atoms with Crippen LogP contribution in [0.2, 0.25) is 0 Å². The van der Waals surface area contributed by atoms with E-state index in [1.165, 1.54) is 0 Å². The van der Waals surface area contributed by atoms with Crippen molar-refractivity contribution in [1.82, 2.24) is 21.3 Å². The molecule has 2 aromatic carbocycles. The zero-order chi connectivity index (χ0) is 33.0. The van der Waals surface area contributed by atoms with Gasteiger partial charge in [-0.2, -0.15) is 0 Å². The summed E-state index contributed by atoms with van der Waals surface area (Å²) in [5.41, 5.74) is 1.97. The van der Waals surface area contributed by atoms with Gasteiger partial charge in [-0.25, -0.2) is 0 Å². The lowest BCUT2D eigenvalue weighted by molar-refractivity contribution is -0.137. The van der Waals surface area contributed by atoms with Crippen LogP contribution < -0.4 is 21.3 Å². The van der Waals surface area contributed by atoms with E-state index in [1.807, 2.05) is 60.7 Å². The van der Waals surface area contributed by atoms with Gasteiger partial charge in [-0.15, -0.1) is 0 Å². The molecule has 3 rings (SSSR count). The zero-order valence-corrected chi connectivity index (χ0v) is 26.3. The molecule has 2 aromatic rings. The number of hydrogen-bond donors (Lipinski definition) is 6.